The van der Waals surface area contributed by atoms with Crippen molar-refractivity contribution >= 4 is 57.7 Å². The van der Waals surface area contributed by atoms with Gasteiger partial charge in [-0.25, -0.2) is 9.82 Å². The lowest BCUT2D eigenvalue weighted by molar-refractivity contribution is -0.136. The third-order valence-corrected chi connectivity index (χ3v) is 6.58. The first-order chi connectivity index (χ1) is 20.9. The first kappa shape index (κ1) is 29.0. The Kier molecular flexibility index (Phi) is 9.04. The number of hydrazone groups is 1. The highest BCUT2D eigenvalue weighted by Gasteiger charge is 2.18. The molecular formula is C33H24ClFN4O4. The third kappa shape index (κ3) is 7.41. The summed E-state index contributed by atoms with van der Waals surface area (Å²) in [6.45, 7) is 0.180. The SMILES string of the molecule is O=C(N/N=C/c1c(OCc2ccc(F)cc2)ccc2ccccc12)C(=O)Nc1ccccc1C(=O)Nc1ccc(Cl)cc1. The quantitative estimate of drug-likeness (QED) is 0.107. The summed E-state index contributed by atoms with van der Waals surface area (Å²) < 4.78 is 19.3. The maximum atomic E-state index is 13.3. The van der Waals surface area contributed by atoms with Crippen molar-refractivity contribution < 1.29 is 23.5 Å². The number of amides is 3. The first-order valence-electron chi connectivity index (χ1n) is 13.1. The predicted molar refractivity (Wildman–Crippen MR) is 165 cm³/mol. The van der Waals surface area contributed by atoms with Gasteiger partial charge in [-0.05, 0) is 70.9 Å². The standard InChI is InChI=1S/C33H24ClFN4O4/c34-23-12-16-25(17-13-23)37-31(40)27-7-3-4-8-29(27)38-32(41)33(42)39-36-19-28-26-6-2-1-5-22(26)11-18-30(28)43-20-21-9-14-24(35)15-10-21/h1-19H,20H2,(H,37,40)(H,38,41)(H,39,42)/b36-19+. The lowest BCUT2D eigenvalue weighted by Crippen LogP contribution is -2.33. The molecule has 0 radical (unpaired) electrons. The molecule has 0 bridgehead atoms. The van der Waals surface area contributed by atoms with E-state index in [1.807, 2.05) is 30.3 Å². The maximum absolute atomic E-state index is 13.3. The van der Waals surface area contributed by atoms with Gasteiger partial charge in [0, 0.05) is 16.3 Å². The molecule has 0 unspecified atom stereocenters. The average molecular weight is 595 g/mol. The molecule has 0 aliphatic rings. The molecule has 5 aromatic rings. The zero-order valence-electron chi connectivity index (χ0n) is 22.5. The second-order valence-electron chi connectivity index (χ2n) is 9.27. The van der Waals surface area contributed by atoms with Crippen molar-refractivity contribution in [3.8, 4) is 5.75 Å². The van der Waals surface area contributed by atoms with Crippen LogP contribution >= 0.6 is 11.6 Å². The summed E-state index contributed by atoms with van der Waals surface area (Å²) in [6.07, 6.45) is 1.39. The number of carbonyl (C=O) groups excluding carboxylic acids is 3. The number of anilines is 2. The Labute approximate surface area is 251 Å². The van der Waals surface area contributed by atoms with Gasteiger partial charge in [0.15, 0.2) is 0 Å². The molecule has 3 amide bonds. The highest BCUT2D eigenvalue weighted by atomic mass is 35.5. The summed E-state index contributed by atoms with van der Waals surface area (Å²) >= 11 is 5.90. The largest absolute Gasteiger partial charge is 0.488 e. The molecule has 8 nitrogen and oxygen atoms in total. The number of fused-ring (bicyclic) bond motifs is 1. The highest BCUT2D eigenvalue weighted by molar-refractivity contribution is 6.40. The van der Waals surface area contributed by atoms with Gasteiger partial charge in [0.25, 0.3) is 5.91 Å². The molecule has 0 heterocycles. The minimum Gasteiger partial charge on any atom is -0.488 e. The number of nitrogens with zero attached hydrogens (tertiary/aromatic N) is 1. The van der Waals surface area contributed by atoms with Crippen molar-refractivity contribution in [2.75, 3.05) is 10.6 Å². The second kappa shape index (κ2) is 13.4. The van der Waals surface area contributed by atoms with Crippen LogP contribution in [0.5, 0.6) is 5.75 Å². The Morgan fingerprint density at radius 2 is 1.51 bits per heavy atom. The van der Waals surface area contributed by atoms with Crippen LogP contribution in [0.15, 0.2) is 114 Å². The fraction of sp³-hybridized carbons (Fsp3) is 0.0303. The molecule has 43 heavy (non-hydrogen) atoms. The summed E-state index contributed by atoms with van der Waals surface area (Å²) in [7, 11) is 0. The van der Waals surface area contributed by atoms with Crippen molar-refractivity contribution in [1.82, 2.24) is 5.43 Å². The Morgan fingerprint density at radius 3 is 2.30 bits per heavy atom. The van der Waals surface area contributed by atoms with Crippen LogP contribution in [-0.2, 0) is 16.2 Å². The molecule has 0 aliphatic carbocycles. The van der Waals surface area contributed by atoms with Gasteiger partial charge in [-0.3, -0.25) is 14.4 Å². The molecule has 0 saturated heterocycles. The Morgan fingerprint density at radius 1 is 0.791 bits per heavy atom. The van der Waals surface area contributed by atoms with Gasteiger partial charge in [0.2, 0.25) is 0 Å². The van der Waals surface area contributed by atoms with Gasteiger partial charge in [0.05, 0.1) is 17.5 Å². The van der Waals surface area contributed by atoms with Gasteiger partial charge in [0.1, 0.15) is 18.2 Å². The van der Waals surface area contributed by atoms with Crippen LogP contribution in [0.3, 0.4) is 0 Å². The van der Waals surface area contributed by atoms with Crippen LogP contribution in [0.4, 0.5) is 15.8 Å². The topological polar surface area (TPSA) is 109 Å². The number of para-hydroxylation sites is 1. The molecule has 0 spiro atoms. The Balaban J connectivity index is 1.27. The number of carbonyl (C=O) groups is 3. The molecule has 0 atom stereocenters. The molecule has 10 heteroatoms. The predicted octanol–water partition coefficient (Wildman–Crippen LogP) is 6.55. The maximum Gasteiger partial charge on any atom is 0.329 e. The number of benzene rings is 5. The van der Waals surface area contributed by atoms with Crippen LogP contribution in [0.2, 0.25) is 5.02 Å². The van der Waals surface area contributed by atoms with Crippen LogP contribution in [-0.4, -0.2) is 23.9 Å². The van der Waals surface area contributed by atoms with E-state index in [9.17, 15) is 18.8 Å². The smallest absolute Gasteiger partial charge is 0.329 e. The van der Waals surface area contributed by atoms with Crippen LogP contribution < -0.4 is 20.8 Å². The zero-order valence-corrected chi connectivity index (χ0v) is 23.3. The molecule has 0 fully saturated rings. The van der Waals surface area contributed by atoms with Gasteiger partial charge in [-0.1, -0.05) is 66.2 Å². The molecule has 0 saturated carbocycles. The van der Waals surface area contributed by atoms with Gasteiger partial charge in [-0.15, -0.1) is 0 Å². The third-order valence-electron chi connectivity index (χ3n) is 6.33. The van der Waals surface area contributed by atoms with Crippen molar-refractivity contribution in [1.29, 1.82) is 0 Å². The van der Waals surface area contributed by atoms with Crippen molar-refractivity contribution in [3.63, 3.8) is 0 Å². The number of rotatable bonds is 8. The van der Waals surface area contributed by atoms with Gasteiger partial charge < -0.3 is 15.4 Å². The number of nitrogens with one attached hydrogen (secondary N) is 3. The molecule has 3 N–H and O–H groups in total. The number of ether oxygens (including phenoxy) is 1. The van der Waals surface area contributed by atoms with Crippen molar-refractivity contribution in [3.05, 3.63) is 137 Å². The second-order valence-corrected chi connectivity index (χ2v) is 9.71. The van der Waals surface area contributed by atoms with Crippen LogP contribution in [0, 0.1) is 5.82 Å². The van der Waals surface area contributed by atoms with Gasteiger partial charge >= 0.3 is 11.8 Å². The normalized spacial score (nSPS) is 10.8. The number of hydrogen-bond acceptors (Lipinski definition) is 5. The molecule has 0 aromatic heterocycles. The first-order valence-corrected chi connectivity index (χ1v) is 13.4. The molecule has 5 aromatic carbocycles. The zero-order chi connectivity index (χ0) is 30.2. The van der Waals surface area contributed by atoms with E-state index in [1.165, 1.54) is 30.5 Å². The van der Waals surface area contributed by atoms with Gasteiger partial charge in [-0.2, -0.15) is 5.10 Å². The van der Waals surface area contributed by atoms with E-state index in [1.54, 1.807) is 54.6 Å². The van der Waals surface area contributed by atoms with E-state index >= 15 is 0 Å². The average Bonchev–Trinajstić information content (AvgIpc) is 3.02. The fourth-order valence-electron chi connectivity index (χ4n) is 4.18. The van der Waals surface area contributed by atoms with Crippen LogP contribution in [0.25, 0.3) is 10.8 Å². The summed E-state index contributed by atoms with van der Waals surface area (Å²) in [5.74, 6) is -2.41. The Hall–Kier alpha value is -5.54. The van der Waals surface area contributed by atoms with E-state index in [0.29, 0.717) is 22.0 Å². The van der Waals surface area contributed by atoms with Crippen molar-refractivity contribution in [2.45, 2.75) is 6.61 Å². The summed E-state index contributed by atoms with van der Waals surface area (Å²) in [5, 5.41) is 11.4. The fourth-order valence-corrected chi connectivity index (χ4v) is 4.31. The lowest BCUT2D eigenvalue weighted by atomic mass is 10.0. The highest BCUT2D eigenvalue weighted by Crippen LogP contribution is 2.27. The number of halogens is 2. The summed E-state index contributed by atoms with van der Waals surface area (Å²) in [6, 6.07) is 30.0. The van der Waals surface area contributed by atoms with E-state index in [2.05, 4.69) is 21.2 Å². The summed E-state index contributed by atoms with van der Waals surface area (Å²) in [5.41, 5.74) is 4.37. The molecular weight excluding hydrogens is 571 g/mol. The van der Waals surface area contributed by atoms with Crippen LogP contribution in [0.1, 0.15) is 21.5 Å². The molecule has 0 aliphatic heterocycles. The van der Waals surface area contributed by atoms with E-state index in [4.69, 9.17) is 16.3 Å². The van der Waals surface area contributed by atoms with E-state index in [0.717, 1.165) is 16.3 Å². The van der Waals surface area contributed by atoms with E-state index in [-0.39, 0.29) is 23.7 Å². The van der Waals surface area contributed by atoms with Crippen molar-refractivity contribution in [2.24, 2.45) is 5.10 Å². The minimum absolute atomic E-state index is 0.142. The lowest BCUT2D eigenvalue weighted by Gasteiger charge is -2.12. The monoisotopic (exact) mass is 594 g/mol. The molecule has 5 rings (SSSR count). The Bertz CT molecular complexity index is 1830. The minimum atomic E-state index is -1.04. The van der Waals surface area contributed by atoms with E-state index < -0.39 is 17.7 Å². The summed E-state index contributed by atoms with van der Waals surface area (Å²) in [4.78, 5) is 38.2. The number of hydrogen-bond donors (Lipinski definition) is 3. The molecule has 214 valence electrons.